The molecule has 0 atom stereocenters. The molecule has 0 unspecified atom stereocenters. The van der Waals surface area contributed by atoms with E-state index in [1.54, 1.807) is 37.7 Å². The molecule has 0 aliphatic heterocycles. The second kappa shape index (κ2) is 9.70. The molecule has 1 aromatic carbocycles. The fourth-order valence-corrected chi connectivity index (χ4v) is 2.54. The van der Waals surface area contributed by atoms with Gasteiger partial charge in [-0.3, -0.25) is 0 Å². The van der Waals surface area contributed by atoms with E-state index in [1.807, 2.05) is 19.1 Å². The van der Waals surface area contributed by atoms with E-state index in [2.05, 4.69) is 20.6 Å². The van der Waals surface area contributed by atoms with Gasteiger partial charge in [-0.15, -0.1) is 0 Å². The van der Waals surface area contributed by atoms with Gasteiger partial charge in [0.05, 0.1) is 5.91 Å². The first-order valence-corrected chi connectivity index (χ1v) is 9.93. The Hall–Kier alpha value is -0.694. The van der Waals surface area contributed by atoms with Crippen LogP contribution in [0, 0.1) is 6.16 Å². The predicted molar refractivity (Wildman–Crippen MR) is 93.5 cm³/mol. The van der Waals surface area contributed by atoms with E-state index in [9.17, 15) is 9.36 Å². The van der Waals surface area contributed by atoms with Crippen molar-refractivity contribution in [3.05, 3.63) is 48.4 Å². The van der Waals surface area contributed by atoms with E-state index in [1.165, 1.54) is 6.16 Å². The maximum atomic E-state index is 11.8. The number of nitrogens with zero attached hydrogens (tertiary/aromatic N) is 2. The van der Waals surface area contributed by atoms with Crippen LogP contribution in [0.25, 0.3) is 0 Å². The van der Waals surface area contributed by atoms with E-state index >= 15 is 0 Å². The van der Waals surface area contributed by atoms with Crippen molar-refractivity contribution in [3.63, 3.8) is 0 Å². The van der Waals surface area contributed by atoms with Crippen molar-refractivity contribution in [2.75, 3.05) is 24.0 Å². The van der Waals surface area contributed by atoms with Gasteiger partial charge >= 0.3 is 51.4 Å². The minimum Gasteiger partial charge on any atom is -0.355 e. The number of benzene rings is 1. The van der Waals surface area contributed by atoms with Crippen molar-refractivity contribution >= 4 is 30.4 Å². The summed E-state index contributed by atoms with van der Waals surface area (Å²) in [5.74, 6) is 0.130. The monoisotopic (exact) mass is 370 g/mol. The predicted octanol–water partition coefficient (Wildman–Crippen LogP) is 0.510. The van der Waals surface area contributed by atoms with Crippen LogP contribution < -0.4 is 62.0 Å². The van der Waals surface area contributed by atoms with Crippen LogP contribution in [0.1, 0.15) is 12.6 Å². The van der Waals surface area contributed by atoms with Crippen molar-refractivity contribution < 1.29 is 60.7 Å². The van der Waals surface area contributed by atoms with Crippen LogP contribution in [0.3, 0.4) is 0 Å². The summed E-state index contributed by atoms with van der Waals surface area (Å²) < 4.78 is 11.6. The van der Waals surface area contributed by atoms with E-state index in [0.29, 0.717) is 11.6 Å². The third-order valence-electron chi connectivity index (χ3n) is 2.89. The zero-order chi connectivity index (χ0) is 16.9. The number of aryl methyl sites for hydroxylation is 1. The molecule has 0 saturated heterocycles. The number of hydrogen-bond acceptors (Lipinski definition) is 5. The van der Waals surface area contributed by atoms with Crippen LogP contribution in [-0.4, -0.2) is 29.2 Å². The molecule has 1 aromatic heterocycles. The van der Waals surface area contributed by atoms with Crippen molar-refractivity contribution in [2.45, 2.75) is 13.3 Å². The normalized spacial score (nSPS) is 10.5. The molecule has 2 N–H and O–H groups in total. The maximum absolute atomic E-state index is 11.8. The number of hydrogen-bond donors (Lipinski definition) is 2. The quantitative estimate of drug-likeness (QED) is 0.440. The molecule has 0 radical (unpaired) electrons. The van der Waals surface area contributed by atoms with Gasteiger partial charge in [0.15, 0.2) is 0 Å². The zero-order valence-electron chi connectivity index (χ0n) is 14.4. The minimum atomic E-state index is -2.51. The first-order valence-electron chi connectivity index (χ1n) is 7.26. The van der Waals surface area contributed by atoms with Crippen molar-refractivity contribution in [1.29, 1.82) is 0 Å². The molecule has 0 aliphatic carbocycles. The molecular formula is C16H20KN4O2P. The first-order chi connectivity index (χ1) is 10.9. The zero-order valence-corrected chi connectivity index (χ0v) is 18.4. The Labute approximate surface area is 185 Å². The Morgan fingerprint density at radius 2 is 1.96 bits per heavy atom. The molecule has 8 heteroatoms. The smallest absolute Gasteiger partial charge is 0.355 e. The third-order valence-corrected chi connectivity index (χ3v) is 3.75. The fourth-order valence-electron chi connectivity index (χ4n) is 1.91. The van der Waals surface area contributed by atoms with Gasteiger partial charge in [-0.25, -0.2) is 16.1 Å². The van der Waals surface area contributed by atoms with Crippen LogP contribution in [0.15, 0.2) is 36.5 Å². The topological polar surface area (TPSA) is 84.0 Å². The number of carbonyl (C=O) groups is 1. The number of aromatic nitrogens is 2. The summed E-state index contributed by atoms with van der Waals surface area (Å²) in [6.07, 6.45) is 3.76. The Morgan fingerprint density at radius 1 is 1.25 bits per heavy atom. The standard InChI is InChI=1S/C16H20N4O2P.K/c1-4-12-8-9-17-16(19-12)20-14-7-5-6-13(10-14)18-15(21)11-23(2,3)22;/h5-11H,4H2,1-3H3,(H,18,21)(H,17,19,20);/q-1;+1. The van der Waals surface area contributed by atoms with Crippen LogP contribution in [-0.2, 0) is 15.8 Å². The van der Waals surface area contributed by atoms with Gasteiger partial charge in [-0.1, -0.05) is 13.0 Å². The van der Waals surface area contributed by atoms with E-state index < -0.39 is 7.14 Å². The molecule has 2 rings (SSSR count). The average molecular weight is 370 g/mol. The van der Waals surface area contributed by atoms with E-state index in [-0.39, 0.29) is 57.3 Å². The number of amides is 1. The van der Waals surface area contributed by atoms with E-state index in [4.69, 9.17) is 0 Å². The summed E-state index contributed by atoms with van der Waals surface area (Å²) in [5.41, 5.74) is 2.31. The summed E-state index contributed by atoms with van der Waals surface area (Å²) in [6, 6.07) is 9.05. The second-order valence-corrected chi connectivity index (χ2v) is 8.61. The molecule has 0 spiro atoms. The number of carbonyl (C=O) groups excluding carboxylic acids is 1. The minimum absolute atomic E-state index is 0. The molecule has 0 saturated carbocycles. The fraction of sp³-hybridized carbons (Fsp3) is 0.250. The van der Waals surface area contributed by atoms with Gasteiger partial charge in [0.1, 0.15) is 0 Å². The van der Waals surface area contributed by atoms with Gasteiger partial charge < -0.3 is 20.0 Å². The van der Waals surface area contributed by atoms with E-state index in [0.717, 1.165) is 17.8 Å². The number of anilines is 3. The number of rotatable bonds is 6. The van der Waals surface area contributed by atoms with Crippen molar-refractivity contribution in [1.82, 2.24) is 9.97 Å². The van der Waals surface area contributed by atoms with Gasteiger partial charge in [0.25, 0.3) is 0 Å². The average Bonchev–Trinajstić information content (AvgIpc) is 2.45. The molecule has 2 aromatic rings. The van der Waals surface area contributed by atoms with Gasteiger partial charge in [0, 0.05) is 23.3 Å². The third kappa shape index (κ3) is 7.46. The molecule has 1 heterocycles. The largest absolute Gasteiger partial charge is 1.00 e. The Morgan fingerprint density at radius 3 is 2.62 bits per heavy atom. The molecule has 0 fully saturated rings. The van der Waals surface area contributed by atoms with Crippen LogP contribution in [0.2, 0.25) is 0 Å². The molecule has 1 amide bonds. The van der Waals surface area contributed by atoms with Gasteiger partial charge in [-0.2, -0.15) is 0 Å². The summed E-state index contributed by atoms with van der Waals surface area (Å²) in [5, 5.41) is 5.80. The summed E-state index contributed by atoms with van der Waals surface area (Å²) >= 11 is 0. The molecule has 6 nitrogen and oxygen atoms in total. The Bertz CT molecular complexity index is 748. The number of nitrogens with one attached hydrogen (secondary N) is 2. The Balaban J connectivity index is 0.00000288. The molecule has 0 aliphatic rings. The summed E-state index contributed by atoms with van der Waals surface area (Å²) in [6.45, 7) is 5.12. The molecule has 0 bridgehead atoms. The summed E-state index contributed by atoms with van der Waals surface area (Å²) in [4.78, 5) is 20.3. The van der Waals surface area contributed by atoms with Crippen molar-refractivity contribution in [2.24, 2.45) is 0 Å². The molecular weight excluding hydrogens is 350 g/mol. The van der Waals surface area contributed by atoms with Gasteiger partial charge in [0.2, 0.25) is 5.95 Å². The SMILES string of the molecule is CCc1ccnc(Nc2cccc(NC(=O)[CH-]P(C)(C)=O)c2)n1.[K+]. The van der Waals surface area contributed by atoms with Gasteiger partial charge in [-0.05, 0) is 51.2 Å². The van der Waals surface area contributed by atoms with Crippen molar-refractivity contribution in [3.8, 4) is 0 Å². The molecule has 122 valence electrons. The molecule has 24 heavy (non-hydrogen) atoms. The second-order valence-electron chi connectivity index (χ2n) is 5.48. The van der Waals surface area contributed by atoms with Crippen LogP contribution in [0.4, 0.5) is 17.3 Å². The maximum Gasteiger partial charge on any atom is 1.00 e. The van der Waals surface area contributed by atoms with Crippen LogP contribution in [0.5, 0.6) is 0 Å². The van der Waals surface area contributed by atoms with Crippen LogP contribution >= 0.6 is 7.14 Å². The first kappa shape index (κ1) is 21.3. The Kier molecular flexibility index (Phi) is 8.63. The summed E-state index contributed by atoms with van der Waals surface area (Å²) in [7, 11) is -2.51.